The third-order valence-corrected chi connectivity index (χ3v) is 4.98. The molecule has 0 radical (unpaired) electrons. The molecule has 0 aliphatic heterocycles. The Kier molecular flexibility index (Phi) is 5.47. The van der Waals surface area contributed by atoms with Crippen molar-refractivity contribution in [2.45, 2.75) is 32.2 Å². The lowest BCUT2D eigenvalue weighted by atomic mass is 10.0. The van der Waals surface area contributed by atoms with E-state index in [0.717, 1.165) is 23.7 Å². The molecule has 1 amide bonds. The molecule has 0 saturated heterocycles. The topological polar surface area (TPSA) is 46.3 Å². The van der Waals surface area contributed by atoms with Gasteiger partial charge in [-0.2, -0.15) is 0 Å². The maximum Gasteiger partial charge on any atom is 0.255 e. The van der Waals surface area contributed by atoms with Crippen LogP contribution >= 0.6 is 27.5 Å². The Bertz CT molecular complexity index is 495. The van der Waals surface area contributed by atoms with Gasteiger partial charge in [-0.3, -0.25) is 4.79 Å². The number of nitrogens with zero attached hydrogens (tertiary/aromatic N) is 1. The zero-order valence-electron chi connectivity index (χ0n) is 11.6. The van der Waals surface area contributed by atoms with Gasteiger partial charge in [0.25, 0.3) is 5.91 Å². The zero-order chi connectivity index (χ0) is 14.7. The van der Waals surface area contributed by atoms with E-state index in [1.807, 2.05) is 11.8 Å². The number of benzene rings is 1. The SMILES string of the molecule is CCN(C(=O)c1ccc(Cl)cc1Br)C1CCCC1CN. The third-order valence-electron chi connectivity index (χ3n) is 4.09. The van der Waals surface area contributed by atoms with Crippen molar-refractivity contribution in [1.82, 2.24) is 4.90 Å². The van der Waals surface area contributed by atoms with Crippen LogP contribution in [0.2, 0.25) is 5.02 Å². The first-order valence-corrected chi connectivity index (χ1v) is 8.21. The van der Waals surface area contributed by atoms with Crippen molar-refractivity contribution >= 4 is 33.4 Å². The van der Waals surface area contributed by atoms with Gasteiger partial charge in [-0.05, 0) is 66.4 Å². The molecule has 0 aromatic heterocycles. The van der Waals surface area contributed by atoms with Gasteiger partial charge in [0, 0.05) is 22.1 Å². The van der Waals surface area contributed by atoms with Crippen LogP contribution in [0.25, 0.3) is 0 Å². The van der Waals surface area contributed by atoms with Crippen LogP contribution in [-0.2, 0) is 0 Å². The standard InChI is InChI=1S/C15H20BrClN2O/c1-2-19(14-5-3-4-10(14)9-18)15(20)12-7-6-11(17)8-13(12)16/h6-8,10,14H,2-5,9,18H2,1H3. The Morgan fingerprint density at radius 2 is 2.25 bits per heavy atom. The van der Waals surface area contributed by atoms with Gasteiger partial charge in [-0.1, -0.05) is 18.0 Å². The van der Waals surface area contributed by atoms with Crippen molar-refractivity contribution in [3.63, 3.8) is 0 Å². The number of carbonyl (C=O) groups is 1. The predicted molar refractivity (Wildman–Crippen MR) is 86.0 cm³/mol. The minimum Gasteiger partial charge on any atom is -0.336 e. The van der Waals surface area contributed by atoms with Crippen LogP contribution in [0, 0.1) is 5.92 Å². The first-order chi connectivity index (χ1) is 9.58. The van der Waals surface area contributed by atoms with E-state index in [2.05, 4.69) is 15.9 Å². The van der Waals surface area contributed by atoms with Crippen LogP contribution in [0.15, 0.2) is 22.7 Å². The molecule has 1 fully saturated rings. The number of hydrogen-bond donors (Lipinski definition) is 1. The molecule has 2 rings (SSSR count). The summed E-state index contributed by atoms with van der Waals surface area (Å²) in [4.78, 5) is 14.7. The average Bonchev–Trinajstić information content (AvgIpc) is 2.87. The van der Waals surface area contributed by atoms with E-state index in [1.54, 1.807) is 18.2 Å². The second kappa shape index (κ2) is 6.92. The Morgan fingerprint density at radius 1 is 1.50 bits per heavy atom. The van der Waals surface area contributed by atoms with Crippen LogP contribution in [0.1, 0.15) is 36.5 Å². The molecule has 1 aliphatic rings. The Hall–Kier alpha value is -0.580. The molecule has 5 heteroatoms. The first-order valence-electron chi connectivity index (χ1n) is 7.04. The monoisotopic (exact) mass is 358 g/mol. The number of nitrogens with two attached hydrogens (primary N) is 1. The summed E-state index contributed by atoms with van der Waals surface area (Å²) in [6.07, 6.45) is 3.32. The van der Waals surface area contributed by atoms with Crippen molar-refractivity contribution < 1.29 is 4.79 Å². The molecular formula is C15H20BrClN2O. The summed E-state index contributed by atoms with van der Waals surface area (Å²) in [5, 5.41) is 0.622. The molecule has 0 heterocycles. The Balaban J connectivity index is 2.24. The van der Waals surface area contributed by atoms with E-state index < -0.39 is 0 Å². The number of hydrogen-bond acceptors (Lipinski definition) is 2. The van der Waals surface area contributed by atoms with Crippen molar-refractivity contribution in [2.24, 2.45) is 11.7 Å². The van der Waals surface area contributed by atoms with Gasteiger partial charge in [-0.15, -0.1) is 0 Å². The summed E-state index contributed by atoms with van der Waals surface area (Å²) in [6, 6.07) is 5.56. The molecule has 0 bridgehead atoms. The summed E-state index contributed by atoms with van der Waals surface area (Å²) in [6.45, 7) is 3.37. The van der Waals surface area contributed by atoms with Gasteiger partial charge in [0.1, 0.15) is 0 Å². The fraction of sp³-hybridized carbons (Fsp3) is 0.533. The molecule has 20 heavy (non-hydrogen) atoms. The highest BCUT2D eigenvalue weighted by atomic mass is 79.9. The average molecular weight is 360 g/mol. The zero-order valence-corrected chi connectivity index (χ0v) is 14.0. The van der Waals surface area contributed by atoms with Crippen molar-refractivity contribution in [1.29, 1.82) is 0 Å². The quantitative estimate of drug-likeness (QED) is 0.891. The number of amides is 1. The van der Waals surface area contributed by atoms with Gasteiger partial charge in [0.2, 0.25) is 0 Å². The van der Waals surface area contributed by atoms with E-state index in [4.69, 9.17) is 17.3 Å². The first kappa shape index (κ1) is 15.8. The van der Waals surface area contributed by atoms with Crippen LogP contribution in [-0.4, -0.2) is 29.9 Å². The molecule has 1 aromatic rings. The third kappa shape index (κ3) is 3.18. The fourth-order valence-corrected chi connectivity index (χ4v) is 3.90. The van der Waals surface area contributed by atoms with Gasteiger partial charge < -0.3 is 10.6 Å². The number of halogens is 2. The van der Waals surface area contributed by atoms with Crippen LogP contribution in [0.3, 0.4) is 0 Å². The maximum absolute atomic E-state index is 12.8. The maximum atomic E-state index is 12.8. The Morgan fingerprint density at radius 3 is 2.85 bits per heavy atom. The van der Waals surface area contributed by atoms with Crippen molar-refractivity contribution in [3.05, 3.63) is 33.3 Å². The lowest BCUT2D eigenvalue weighted by molar-refractivity contribution is 0.0651. The minimum absolute atomic E-state index is 0.0568. The number of carbonyl (C=O) groups excluding carboxylic acids is 1. The molecule has 2 unspecified atom stereocenters. The lowest BCUT2D eigenvalue weighted by Gasteiger charge is -2.32. The molecule has 0 spiro atoms. The molecule has 1 aliphatic carbocycles. The highest BCUT2D eigenvalue weighted by molar-refractivity contribution is 9.10. The number of rotatable bonds is 4. The van der Waals surface area contributed by atoms with E-state index in [9.17, 15) is 4.79 Å². The second-order valence-corrected chi connectivity index (χ2v) is 6.50. The second-order valence-electron chi connectivity index (χ2n) is 5.21. The van der Waals surface area contributed by atoms with Crippen LogP contribution < -0.4 is 5.73 Å². The van der Waals surface area contributed by atoms with Gasteiger partial charge >= 0.3 is 0 Å². The van der Waals surface area contributed by atoms with Crippen molar-refractivity contribution in [2.75, 3.05) is 13.1 Å². The molecule has 110 valence electrons. The summed E-state index contributed by atoms with van der Waals surface area (Å²) in [5.74, 6) is 0.478. The summed E-state index contributed by atoms with van der Waals surface area (Å²) in [7, 11) is 0. The highest BCUT2D eigenvalue weighted by Crippen LogP contribution is 2.31. The molecule has 3 nitrogen and oxygen atoms in total. The normalized spacial score (nSPS) is 22.0. The highest BCUT2D eigenvalue weighted by Gasteiger charge is 2.33. The van der Waals surface area contributed by atoms with Gasteiger partial charge in [-0.25, -0.2) is 0 Å². The molecule has 1 aromatic carbocycles. The largest absolute Gasteiger partial charge is 0.336 e. The molecular weight excluding hydrogens is 340 g/mol. The summed E-state index contributed by atoms with van der Waals surface area (Å²) in [5.41, 5.74) is 6.51. The molecule has 1 saturated carbocycles. The minimum atomic E-state index is 0.0568. The molecule has 2 N–H and O–H groups in total. The summed E-state index contributed by atoms with van der Waals surface area (Å²) < 4.78 is 0.746. The van der Waals surface area contributed by atoms with Crippen LogP contribution in [0.5, 0.6) is 0 Å². The smallest absolute Gasteiger partial charge is 0.255 e. The van der Waals surface area contributed by atoms with E-state index in [1.165, 1.54) is 0 Å². The van der Waals surface area contributed by atoms with Gasteiger partial charge in [0.15, 0.2) is 0 Å². The summed E-state index contributed by atoms with van der Waals surface area (Å²) >= 11 is 9.37. The fourth-order valence-electron chi connectivity index (χ4n) is 3.05. The predicted octanol–water partition coefficient (Wildman–Crippen LogP) is 3.69. The lowest BCUT2D eigenvalue weighted by Crippen LogP contribution is -2.44. The van der Waals surface area contributed by atoms with E-state index in [0.29, 0.717) is 29.6 Å². The van der Waals surface area contributed by atoms with E-state index >= 15 is 0 Å². The Labute approximate surface area is 133 Å². The van der Waals surface area contributed by atoms with Crippen LogP contribution in [0.4, 0.5) is 0 Å². The van der Waals surface area contributed by atoms with Gasteiger partial charge in [0.05, 0.1) is 5.56 Å². The van der Waals surface area contributed by atoms with E-state index in [-0.39, 0.29) is 11.9 Å². The molecule has 2 atom stereocenters. The van der Waals surface area contributed by atoms with Crippen molar-refractivity contribution in [3.8, 4) is 0 Å².